The summed E-state index contributed by atoms with van der Waals surface area (Å²) in [6, 6.07) is 6.17. The van der Waals surface area contributed by atoms with E-state index < -0.39 is 12.0 Å². The Bertz CT molecular complexity index is 542. The maximum atomic E-state index is 11.7. The number of benzene rings is 1. The lowest BCUT2D eigenvalue weighted by molar-refractivity contribution is -0.125. The Kier molecular flexibility index (Phi) is 4.34. The molecular weight excluding hydrogens is 260 g/mol. The molecule has 20 heavy (non-hydrogen) atoms. The molecule has 0 spiro atoms. The quantitative estimate of drug-likeness (QED) is 0.722. The van der Waals surface area contributed by atoms with Crippen molar-refractivity contribution in [3.05, 3.63) is 35.4 Å². The fourth-order valence-electron chi connectivity index (χ4n) is 2.12. The van der Waals surface area contributed by atoms with Crippen molar-refractivity contribution in [3.8, 4) is 0 Å². The van der Waals surface area contributed by atoms with Gasteiger partial charge in [-0.25, -0.2) is 4.79 Å². The minimum Gasteiger partial charge on any atom is -0.478 e. The highest BCUT2D eigenvalue weighted by Crippen LogP contribution is 2.07. The molecular formula is C14H16N2O4. The summed E-state index contributed by atoms with van der Waals surface area (Å²) in [5, 5.41) is 14.2. The maximum Gasteiger partial charge on any atom is 0.335 e. The molecule has 0 radical (unpaired) electrons. The van der Waals surface area contributed by atoms with Crippen LogP contribution in [0.3, 0.4) is 0 Å². The molecule has 1 saturated heterocycles. The molecule has 6 heteroatoms. The molecule has 0 saturated carbocycles. The summed E-state index contributed by atoms with van der Waals surface area (Å²) < 4.78 is 0. The van der Waals surface area contributed by atoms with E-state index in [0.29, 0.717) is 25.8 Å². The van der Waals surface area contributed by atoms with Crippen LogP contribution in [0.2, 0.25) is 0 Å². The van der Waals surface area contributed by atoms with E-state index in [-0.39, 0.29) is 17.4 Å². The molecule has 0 aromatic heterocycles. The first-order chi connectivity index (χ1) is 9.56. The summed E-state index contributed by atoms with van der Waals surface area (Å²) in [5.74, 6) is -1.26. The van der Waals surface area contributed by atoms with Gasteiger partial charge in [-0.05, 0) is 30.5 Å². The summed E-state index contributed by atoms with van der Waals surface area (Å²) in [4.78, 5) is 33.6. The number of carboxylic acids is 1. The topological polar surface area (TPSA) is 95.5 Å². The lowest BCUT2D eigenvalue weighted by Gasteiger charge is -2.10. The van der Waals surface area contributed by atoms with Crippen molar-refractivity contribution in [2.24, 2.45) is 0 Å². The van der Waals surface area contributed by atoms with Crippen molar-refractivity contribution in [2.75, 3.05) is 6.54 Å². The van der Waals surface area contributed by atoms with Crippen LogP contribution in [0, 0.1) is 0 Å². The van der Waals surface area contributed by atoms with Gasteiger partial charge in [-0.15, -0.1) is 0 Å². The van der Waals surface area contributed by atoms with Gasteiger partial charge in [0.05, 0.1) is 5.56 Å². The first kappa shape index (κ1) is 14.0. The molecule has 1 fully saturated rings. The molecule has 1 aliphatic rings. The van der Waals surface area contributed by atoms with Crippen molar-refractivity contribution in [1.82, 2.24) is 10.6 Å². The fourth-order valence-corrected chi connectivity index (χ4v) is 2.12. The van der Waals surface area contributed by atoms with Gasteiger partial charge in [0, 0.05) is 13.0 Å². The Morgan fingerprint density at radius 1 is 1.40 bits per heavy atom. The van der Waals surface area contributed by atoms with E-state index in [1.54, 1.807) is 12.1 Å². The molecule has 0 bridgehead atoms. The molecule has 0 unspecified atom stereocenters. The van der Waals surface area contributed by atoms with Gasteiger partial charge in [0.15, 0.2) is 0 Å². The van der Waals surface area contributed by atoms with E-state index in [1.165, 1.54) is 6.07 Å². The molecule has 1 heterocycles. The Labute approximate surface area is 116 Å². The van der Waals surface area contributed by atoms with E-state index in [2.05, 4.69) is 10.6 Å². The maximum absolute atomic E-state index is 11.7. The van der Waals surface area contributed by atoms with Crippen LogP contribution in [0.5, 0.6) is 0 Å². The predicted molar refractivity (Wildman–Crippen MR) is 71.3 cm³/mol. The van der Waals surface area contributed by atoms with Gasteiger partial charge in [-0.2, -0.15) is 0 Å². The molecule has 3 N–H and O–H groups in total. The molecule has 1 aromatic carbocycles. The zero-order valence-electron chi connectivity index (χ0n) is 10.9. The second kappa shape index (κ2) is 6.18. The summed E-state index contributed by atoms with van der Waals surface area (Å²) >= 11 is 0. The zero-order chi connectivity index (χ0) is 14.5. The van der Waals surface area contributed by atoms with Crippen molar-refractivity contribution < 1.29 is 19.5 Å². The number of rotatable bonds is 5. The summed E-state index contributed by atoms with van der Waals surface area (Å²) in [6.45, 7) is 0.411. The average Bonchev–Trinajstić information content (AvgIpc) is 2.86. The Morgan fingerprint density at radius 2 is 2.20 bits per heavy atom. The molecule has 2 rings (SSSR count). The van der Waals surface area contributed by atoms with Crippen LogP contribution in [0.15, 0.2) is 24.3 Å². The number of carboxylic acid groups (broad SMARTS) is 1. The van der Waals surface area contributed by atoms with Crippen LogP contribution < -0.4 is 10.6 Å². The van der Waals surface area contributed by atoms with Crippen molar-refractivity contribution in [3.63, 3.8) is 0 Å². The molecule has 0 aliphatic carbocycles. The summed E-state index contributed by atoms with van der Waals surface area (Å²) in [6.07, 6.45) is 1.46. The number of nitrogens with one attached hydrogen (secondary N) is 2. The van der Waals surface area contributed by atoms with Crippen molar-refractivity contribution >= 4 is 17.8 Å². The van der Waals surface area contributed by atoms with E-state index in [4.69, 9.17) is 5.11 Å². The van der Waals surface area contributed by atoms with Crippen LogP contribution >= 0.6 is 0 Å². The predicted octanol–water partition coefficient (Wildman–Crippen LogP) is 0.322. The second-order valence-corrected chi connectivity index (χ2v) is 4.71. The van der Waals surface area contributed by atoms with Crippen LogP contribution in [-0.2, 0) is 16.0 Å². The van der Waals surface area contributed by atoms with E-state index in [9.17, 15) is 14.4 Å². The molecule has 2 amide bonds. The highest BCUT2D eigenvalue weighted by Gasteiger charge is 2.26. The van der Waals surface area contributed by atoms with Crippen LogP contribution in [0.4, 0.5) is 0 Å². The Balaban J connectivity index is 1.81. The summed E-state index contributed by atoms with van der Waals surface area (Å²) in [7, 11) is 0. The van der Waals surface area contributed by atoms with Gasteiger partial charge < -0.3 is 15.7 Å². The number of amides is 2. The Hall–Kier alpha value is -2.37. The van der Waals surface area contributed by atoms with Gasteiger partial charge >= 0.3 is 5.97 Å². The third kappa shape index (κ3) is 3.57. The highest BCUT2D eigenvalue weighted by atomic mass is 16.4. The van der Waals surface area contributed by atoms with Crippen LogP contribution in [0.1, 0.15) is 28.8 Å². The number of hydrogen-bond donors (Lipinski definition) is 3. The average molecular weight is 276 g/mol. The Morgan fingerprint density at radius 3 is 2.85 bits per heavy atom. The van der Waals surface area contributed by atoms with Gasteiger partial charge in [0.1, 0.15) is 6.04 Å². The standard InChI is InChI=1S/C14H16N2O4/c17-12-5-4-11(16-12)13(18)15-7-6-9-2-1-3-10(8-9)14(19)20/h1-3,8,11H,4-7H2,(H,15,18)(H,16,17)(H,19,20)/t11-/m1/s1. The summed E-state index contributed by atoms with van der Waals surface area (Å²) in [5.41, 5.74) is 1.08. The zero-order valence-corrected chi connectivity index (χ0v) is 10.9. The monoisotopic (exact) mass is 276 g/mol. The first-order valence-electron chi connectivity index (χ1n) is 6.45. The first-order valence-corrected chi connectivity index (χ1v) is 6.45. The molecule has 1 aromatic rings. The highest BCUT2D eigenvalue weighted by molar-refractivity contribution is 5.90. The minimum atomic E-state index is -0.968. The smallest absolute Gasteiger partial charge is 0.335 e. The van der Waals surface area contributed by atoms with Gasteiger partial charge in [-0.3, -0.25) is 9.59 Å². The number of aromatic carboxylic acids is 1. The van der Waals surface area contributed by atoms with E-state index in [0.717, 1.165) is 5.56 Å². The van der Waals surface area contributed by atoms with Crippen molar-refractivity contribution in [1.29, 1.82) is 0 Å². The third-order valence-corrected chi connectivity index (χ3v) is 3.20. The van der Waals surface area contributed by atoms with Gasteiger partial charge in [-0.1, -0.05) is 12.1 Å². The van der Waals surface area contributed by atoms with E-state index >= 15 is 0 Å². The van der Waals surface area contributed by atoms with Crippen molar-refractivity contribution in [2.45, 2.75) is 25.3 Å². The lowest BCUT2D eigenvalue weighted by atomic mass is 10.1. The normalized spacial score (nSPS) is 17.6. The molecule has 106 valence electrons. The largest absolute Gasteiger partial charge is 0.478 e. The molecule has 1 aliphatic heterocycles. The number of hydrogen-bond acceptors (Lipinski definition) is 3. The molecule has 1 atom stereocenters. The van der Waals surface area contributed by atoms with Crippen LogP contribution in [0.25, 0.3) is 0 Å². The molecule has 6 nitrogen and oxygen atoms in total. The second-order valence-electron chi connectivity index (χ2n) is 4.71. The van der Waals surface area contributed by atoms with E-state index in [1.807, 2.05) is 6.07 Å². The number of carbonyl (C=O) groups is 3. The SMILES string of the molecule is O=C1CC[C@H](C(=O)NCCc2cccc(C(=O)O)c2)N1. The fraction of sp³-hybridized carbons (Fsp3) is 0.357. The number of carbonyl (C=O) groups excluding carboxylic acids is 2. The van der Waals surface area contributed by atoms with Gasteiger partial charge in [0.2, 0.25) is 11.8 Å². The van der Waals surface area contributed by atoms with Gasteiger partial charge in [0.25, 0.3) is 0 Å². The third-order valence-electron chi connectivity index (χ3n) is 3.20. The lowest BCUT2D eigenvalue weighted by Crippen LogP contribution is -2.42. The van der Waals surface area contributed by atoms with Crippen LogP contribution in [-0.4, -0.2) is 35.5 Å². The minimum absolute atomic E-state index is 0.0979.